The van der Waals surface area contributed by atoms with Crippen LogP contribution in [0.5, 0.6) is 0 Å². The molecular weight excluding hydrogens is 335 g/mol. The van der Waals surface area contributed by atoms with Crippen molar-refractivity contribution in [1.29, 1.82) is 0 Å². The van der Waals surface area contributed by atoms with Gasteiger partial charge in [-0.1, -0.05) is 42.5 Å². The molecule has 86 valence electrons. The molecule has 0 saturated carbocycles. The molecule has 0 spiro atoms. The van der Waals surface area contributed by atoms with E-state index in [0.717, 1.165) is 21.7 Å². The Hall–Kier alpha value is -1.55. The molecule has 2 heteroatoms. The second-order valence-electron chi connectivity index (χ2n) is 4.30. The Kier molecular flexibility index (Phi) is 1.94. The summed E-state index contributed by atoms with van der Waals surface area (Å²) in [6.07, 6.45) is 0. The van der Waals surface area contributed by atoms with Crippen molar-refractivity contribution in [3.05, 3.63) is 58.1 Å². The van der Waals surface area contributed by atoms with Gasteiger partial charge in [-0.25, -0.2) is 0 Å². The third-order valence-corrected chi connectivity index (χ3v) is 4.15. The summed E-state index contributed by atoms with van der Waals surface area (Å²) >= 11 is 2.36. The summed E-state index contributed by atoms with van der Waals surface area (Å²) in [6.45, 7) is 0. The molecule has 0 amide bonds. The summed E-state index contributed by atoms with van der Waals surface area (Å²) in [6, 6.07) is 16.5. The fraction of sp³-hybridized carbons (Fsp3) is 0. The van der Waals surface area contributed by atoms with Crippen molar-refractivity contribution in [2.45, 2.75) is 0 Å². The van der Waals surface area contributed by atoms with E-state index < -0.39 is 0 Å². The molecule has 3 aromatic carbocycles. The Labute approximate surface area is 119 Å². The number of hydrogen-bond acceptors (Lipinski definition) is 1. The highest BCUT2D eigenvalue weighted by atomic mass is 127. The van der Waals surface area contributed by atoms with Crippen LogP contribution in [0.15, 0.2) is 59.0 Å². The second kappa shape index (κ2) is 3.72. The van der Waals surface area contributed by atoms with Crippen molar-refractivity contribution >= 4 is 55.3 Å². The molecule has 0 unspecified atom stereocenters. The molecule has 18 heavy (non-hydrogen) atoms. The van der Waals surface area contributed by atoms with E-state index in [1.165, 1.54) is 8.96 Å². The first-order valence-electron chi connectivity index (χ1n) is 6.25. The van der Waals surface area contributed by atoms with Crippen molar-refractivity contribution in [3.8, 4) is 0 Å². The molecule has 0 saturated heterocycles. The van der Waals surface area contributed by atoms with Crippen LogP contribution < -0.4 is 0 Å². The van der Waals surface area contributed by atoms with E-state index in [2.05, 4.69) is 40.8 Å². The van der Waals surface area contributed by atoms with Gasteiger partial charge in [0.05, 0.1) is 1.37 Å². The Morgan fingerprint density at radius 2 is 1.61 bits per heavy atom. The highest BCUT2D eigenvalue weighted by molar-refractivity contribution is 14.1. The van der Waals surface area contributed by atoms with Gasteiger partial charge in [-0.2, -0.15) is 0 Å². The quantitative estimate of drug-likeness (QED) is 0.392. The standard InChI is InChI=1S/C16H9IO/c17-14-9-13-11-6-3-4-8-15(11)18-16(13)12-7-2-1-5-10(12)14/h1-9H/i8D. The largest absolute Gasteiger partial charge is 0.455 e. The van der Waals surface area contributed by atoms with Crippen LogP contribution in [0.25, 0.3) is 32.7 Å². The van der Waals surface area contributed by atoms with Crippen LogP contribution >= 0.6 is 22.6 Å². The van der Waals surface area contributed by atoms with Crippen LogP contribution in [0.2, 0.25) is 0 Å². The van der Waals surface area contributed by atoms with Gasteiger partial charge >= 0.3 is 0 Å². The number of furan rings is 1. The van der Waals surface area contributed by atoms with E-state index >= 15 is 0 Å². The smallest absolute Gasteiger partial charge is 0.143 e. The minimum Gasteiger partial charge on any atom is -0.455 e. The molecule has 0 aliphatic heterocycles. The van der Waals surface area contributed by atoms with Crippen LogP contribution in [0.1, 0.15) is 1.37 Å². The Morgan fingerprint density at radius 1 is 0.889 bits per heavy atom. The van der Waals surface area contributed by atoms with E-state index in [1.54, 1.807) is 6.07 Å². The first kappa shape index (κ1) is 9.39. The van der Waals surface area contributed by atoms with Gasteiger partial charge in [-0.05, 0) is 40.1 Å². The number of halogens is 1. The van der Waals surface area contributed by atoms with Gasteiger partial charge in [0.25, 0.3) is 0 Å². The maximum atomic E-state index is 7.96. The van der Waals surface area contributed by atoms with E-state index in [0.29, 0.717) is 11.6 Å². The number of fused-ring (bicyclic) bond motifs is 5. The summed E-state index contributed by atoms with van der Waals surface area (Å²) in [5, 5.41) is 4.42. The summed E-state index contributed by atoms with van der Waals surface area (Å²) in [5.74, 6) is 0. The average Bonchev–Trinajstić information content (AvgIpc) is 2.80. The molecule has 0 radical (unpaired) electrons. The second-order valence-corrected chi connectivity index (χ2v) is 5.46. The summed E-state index contributed by atoms with van der Waals surface area (Å²) in [7, 11) is 0. The molecule has 0 aliphatic rings. The van der Waals surface area contributed by atoms with E-state index in [9.17, 15) is 0 Å². The van der Waals surface area contributed by atoms with Gasteiger partial charge in [0.1, 0.15) is 11.2 Å². The van der Waals surface area contributed by atoms with Crippen molar-refractivity contribution < 1.29 is 5.79 Å². The van der Waals surface area contributed by atoms with Crippen LogP contribution in [-0.2, 0) is 0 Å². The predicted octanol–water partition coefficient (Wildman–Crippen LogP) is 5.34. The SMILES string of the molecule is [2H]c1cccc2c1oc1c3ccccc3c(I)cc21. The van der Waals surface area contributed by atoms with Gasteiger partial charge < -0.3 is 4.42 Å². The lowest BCUT2D eigenvalue weighted by molar-refractivity contribution is 0.672. The van der Waals surface area contributed by atoms with Gasteiger partial charge in [0.15, 0.2) is 0 Å². The Bertz CT molecular complexity index is 940. The normalized spacial score (nSPS) is 12.4. The van der Waals surface area contributed by atoms with Crippen molar-refractivity contribution in [2.75, 3.05) is 0 Å². The fourth-order valence-electron chi connectivity index (χ4n) is 2.43. The third-order valence-electron chi connectivity index (χ3n) is 3.26. The lowest BCUT2D eigenvalue weighted by Gasteiger charge is -2.01. The van der Waals surface area contributed by atoms with Crippen LogP contribution in [-0.4, -0.2) is 0 Å². The van der Waals surface area contributed by atoms with Crippen molar-refractivity contribution in [1.82, 2.24) is 0 Å². The lowest BCUT2D eigenvalue weighted by atomic mass is 10.1. The first-order valence-corrected chi connectivity index (χ1v) is 6.82. The zero-order valence-electron chi connectivity index (χ0n) is 10.4. The highest BCUT2D eigenvalue weighted by Crippen LogP contribution is 2.36. The van der Waals surface area contributed by atoms with E-state index in [4.69, 9.17) is 5.79 Å². The highest BCUT2D eigenvalue weighted by Gasteiger charge is 2.11. The molecule has 1 aromatic heterocycles. The van der Waals surface area contributed by atoms with Crippen LogP contribution in [0, 0.1) is 3.57 Å². The van der Waals surface area contributed by atoms with Crippen molar-refractivity contribution in [3.63, 3.8) is 0 Å². The summed E-state index contributed by atoms with van der Waals surface area (Å²) < 4.78 is 15.1. The lowest BCUT2D eigenvalue weighted by Crippen LogP contribution is -1.78. The number of rotatable bonds is 0. The maximum absolute atomic E-state index is 7.96. The molecule has 0 aliphatic carbocycles. The zero-order chi connectivity index (χ0) is 13.0. The number of benzene rings is 3. The molecule has 0 fully saturated rings. The minimum absolute atomic E-state index is 0.438. The third kappa shape index (κ3) is 1.32. The first-order chi connectivity index (χ1) is 9.25. The molecule has 1 heterocycles. The van der Waals surface area contributed by atoms with Crippen LogP contribution in [0.3, 0.4) is 0 Å². The predicted molar refractivity (Wildman–Crippen MR) is 83.9 cm³/mol. The van der Waals surface area contributed by atoms with Gasteiger partial charge in [-0.3, -0.25) is 0 Å². The maximum Gasteiger partial charge on any atom is 0.143 e. The van der Waals surface area contributed by atoms with Crippen molar-refractivity contribution in [2.24, 2.45) is 0 Å². The van der Waals surface area contributed by atoms with Crippen LogP contribution in [0.4, 0.5) is 0 Å². The van der Waals surface area contributed by atoms with E-state index in [-0.39, 0.29) is 0 Å². The molecule has 4 rings (SSSR count). The molecule has 1 nitrogen and oxygen atoms in total. The van der Waals surface area contributed by atoms with Gasteiger partial charge in [0, 0.05) is 19.7 Å². The topological polar surface area (TPSA) is 13.1 Å². The zero-order valence-corrected chi connectivity index (χ0v) is 11.6. The summed E-state index contributed by atoms with van der Waals surface area (Å²) in [5.41, 5.74) is 1.55. The molecule has 0 bridgehead atoms. The molecule has 0 N–H and O–H groups in total. The summed E-state index contributed by atoms with van der Waals surface area (Å²) in [4.78, 5) is 0. The fourth-order valence-corrected chi connectivity index (χ4v) is 3.22. The number of para-hydroxylation sites is 1. The molecule has 0 atom stereocenters. The monoisotopic (exact) mass is 345 g/mol. The molecular formula is C16H9IO. The minimum atomic E-state index is 0.438. The van der Waals surface area contributed by atoms with Gasteiger partial charge in [0.2, 0.25) is 0 Å². The number of hydrogen-bond donors (Lipinski definition) is 0. The Morgan fingerprint density at radius 3 is 2.50 bits per heavy atom. The Balaban J connectivity index is 2.36. The average molecular weight is 345 g/mol. The van der Waals surface area contributed by atoms with E-state index in [1.807, 2.05) is 24.3 Å². The molecule has 4 aromatic rings. The van der Waals surface area contributed by atoms with Gasteiger partial charge in [-0.15, -0.1) is 0 Å².